The van der Waals surface area contributed by atoms with E-state index in [2.05, 4.69) is 15.6 Å². The molecule has 2 amide bonds. The highest BCUT2D eigenvalue weighted by Crippen LogP contribution is 2.23. The van der Waals surface area contributed by atoms with Crippen molar-refractivity contribution in [1.82, 2.24) is 4.98 Å². The third-order valence-electron chi connectivity index (χ3n) is 3.88. The summed E-state index contributed by atoms with van der Waals surface area (Å²) in [6, 6.07) is 3.77. The summed E-state index contributed by atoms with van der Waals surface area (Å²) in [5.41, 5.74) is 1.26. The molecular weight excluding hydrogens is 365 g/mol. The molecule has 1 heterocycles. The van der Waals surface area contributed by atoms with Gasteiger partial charge in [0.15, 0.2) is 5.78 Å². The molecule has 0 fully saturated rings. The summed E-state index contributed by atoms with van der Waals surface area (Å²) >= 11 is 0. The minimum atomic E-state index is -0.809. The summed E-state index contributed by atoms with van der Waals surface area (Å²) in [5.74, 6) is -1.30. The summed E-state index contributed by atoms with van der Waals surface area (Å²) in [5, 5.41) is 4.95. The maximum Gasteiger partial charge on any atom is 0.412 e. The van der Waals surface area contributed by atoms with Crippen molar-refractivity contribution in [3.8, 4) is 0 Å². The summed E-state index contributed by atoms with van der Waals surface area (Å²) in [7, 11) is 0. The molecule has 2 aromatic rings. The number of aryl methyl sites for hydroxylation is 1. The topological polar surface area (TPSA) is 100 Å². The molecule has 0 aliphatic carbocycles. The van der Waals surface area contributed by atoms with Gasteiger partial charge in [-0.15, -0.1) is 0 Å². The quantitative estimate of drug-likeness (QED) is 0.667. The molecule has 0 aliphatic heterocycles. The van der Waals surface area contributed by atoms with Crippen LogP contribution in [0.4, 0.5) is 20.6 Å². The second-order valence-electron chi connectivity index (χ2n) is 7.46. The minimum Gasteiger partial charge on any atom is -0.444 e. The normalized spacial score (nSPS) is 11.1. The zero-order valence-electron chi connectivity index (χ0n) is 16.7. The van der Waals surface area contributed by atoms with Crippen molar-refractivity contribution in [2.24, 2.45) is 0 Å². The number of halogens is 1. The highest BCUT2D eigenvalue weighted by Gasteiger charge is 2.21. The van der Waals surface area contributed by atoms with Crippen molar-refractivity contribution < 1.29 is 23.5 Å². The summed E-state index contributed by atoms with van der Waals surface area (Å²) < 4.78 is 19.1. The Morgan fingerprint density at radius 2 is 1.75 bits per heavy atom. The number of benzene rings is 1. The van der Waals surface area contributed by atoms with Crippen LogP contribution in [-0.2, 0) is 4.74 Å². The maximum absolute atomic E-state index is 14.0. The Morgan fingerprint density at radius 1 is 1.11 bits per heavy atom. The molecule has 0 unspecified atom stereocenters. The van der Waals surface area contributed by atoms with E-state index in [4.69, 9.17) is 4.74 Å². The number of aromatic amines is 1. The van der Waals surface area contributed by atoms with E-state index in [1.165, 1.54) is 19.1 Å². The maximum atomic E-state index is 14.0. The van der Waals surface area contributed by atoms with Gasteiger partial charge in [-0.05, 0) is 65.3 Å². The van der Waals surface area contributed by atoms with E-state index in [0.717, 1.165) is 6.07 Å². The third-order valence-corrected chi connectivity index (χ3v) is 3.88. The molecule has 0 spiro atoms. The molecule has 8 heteroatoms. The molecule has 2 rings (SSSR count). The van der Waals surface area contributed by atoms with Crippen molar-refractivity contribution in [3.63, 3.8) is 0 Å². The van der Waals surface area contributed by atoms with E-state index in [1.807, 2.05) is 0 Å². The molecule has 0 bridgehead atoms. The lowest BCUT2D eigenvalue weighted by molar-refractivity contribution is 0.0635. The van der Waals surface area contributed by atoms with Gasteiger partial charge in [0.25, 0.3) is 5.91 Å². The second kappa shape index (κ2) is 7.84. The van der Waals surface area contributed by atoms with Gasteiger partial charge >= 0.3 is 6.09 Å². The summed E-state index contributed by atoms with van der Waals surface area (Å²) in [6.45, 7) is 9.89. The predicted octanol–water partition coefficient (Wildman–Crippen LogP) is 4.57. The zero-order chi connectivity index (χ0) is 21.2. The Bertz CT molecular complexity index is 942. The fraction of sp³-hybridized carbons (Fsp3) is 0.350. The second-order valence-corrected chi connectivity index (χ2v) is 7.46. The van der Waals surface area contributed by atoms with Crippen LogP contribution in [-0.4, -0.2) is 28.4 Å². The molecule has 28 heavy (non-hydrogen) atoms. The van der Waals surface area contributed by atoms with Gasteiger partial charge in [0.2, 0.25) is 0 Å². The molecule has 0 saturated heterocycles. The van der Waals surface area contributed by atoms with Crippen LogP contribution >= 0.6 is 0 Å². The minimum absolute atomic E-state index is 0.129. The van der Waals surface area contributed by atoms with E-state index in [0.29, 0.717) is 16.8 Å². The number of hydrogen-bond donors (Lipinski definition) is 3. The smallest absolute Gasteiger partial charge is 0.412 e. The molecule has 1 aromatic heterocycles. The van der Waals surface area contributed by atoms with Crippen molar-refractivity contribution in [3.05, 3.63) is 46.5 Å². The highest BCUT2D eigenvalue weighted by atomic mass is 19.1. The number of rotatable bonds is 4. The largest absolute Gasteiger partial charge is 0.444 e. The third kappa shape index (κ3) is 4.97. The van der Waals surface area contributed by atoms with Crippen LogP contribution in [0.2, 0.25) is 0 Å². The number of nitrogens with one attached hydrogen (secondary N) is 3. The molecule has 0 aliphatic rings. The molecule has 0 saturated carbocycles. The van der Waals surface area contributed by atoms with Crippen LogP contribution in [0.25, 0.3) is 0 Å². The fourth-order valence-corrected chi connectivity index (χ4v) is 2.81. The first kappa shape index (κ1) is 21.1. The lowest BCUT2D eigenvalue weighted by Gasteiger charge is -2.20. The molecule has 0 atom stereocenters. The van der Waals surface area contributed by atoms with E-state index in [1.54, 1.807) is 34.6 Å². The van der Waals surface area contributed by atoms with Gasteiger partial charge in [-0.1, -0.05) is 0 Å². The molecule has 7 nitrogen and oxygen atoms in total. The first-order valence-electron chi connectivity index (χ1n) is 8.70. The number of Topliss-reactive ketones (excluding diaryl/α,β-unsaturated/α-hetero) is 1. The van der Waals surface area contributed by atoms with Gasteiger partial charge in [0, 0.05) is 16.9 Å². The van der Waals surface area contributed by atoms with Crippen LogP contribution in [0.5, 0.6) is 0 Å². The lowest BCUT2D eigenvalue weighted by Crippen LogP contribution is -2.27. The Balaban J connectivity index is 2.21. The van der Waals surface area contributed by atoms with Crippen LogP contribution in [0.1, 0.15) is 59.8 Å². The van der Waals surface area contributed by atoms with Crippen LogP contribution in [0.3, 0.4) is 0 Å². The predicted molar refractivity (Wildman–Crippen MR) is 104 cm³/mol. The summed E-state index contributed by atoms with van der Waals surface area (Å²) in [4.78, 5) is 39.1. The van der Waals surface area contributed by atoms with Crippen LogP contribution in [0, 0.1) is 19.7 Å². The number of hydrogen-bond acceptors (Lipinski definition) is 4. The first-order valence-corrected chi connectivity index (χ1v) is 8.70. The highest BCUT2D eigenvalue weighted by molar-refractivity contribution is 6.07. The number of amides is 2. The molecule has 0 radical (unpaired) electrons. The summed E-state index contributed by atoms with van der Waals surface area (Å²) in [6.07, 6.45) is -0.809. The average Bonchev–Trinajstić information content (AvgIpc) is 2.83. The van der Waals surface area contributed by atoms with Crippen molar-refractivity contribution in [2.45, 2.75) is 47.1 Å². The van der Waals surface area contributed by atoms with Crippen LogP contribution in [0.15, 0.2) is 18.2 Å². The number of carbonyl (C=O) groups is 3. The molecular formula is C20H24FN3O4. The number of aromatic nitrogens is 1. The SMILES string of the molecule is CC(=O)c1c(C)[nH]c(C(=O)Nc2ccc(F)c(NC(=O)OC(C)(C)C)c2)c1C. The van der Waals surface area contributed by atoms with E-state index < -0.39 is 23.4 Å². The van der Waals surface area contributed by atoms with Gasteiger partial charge in [0.05, 0.1) is 5.69 Å². The molecule has 3 N–H and O–H groups in total. The Hall–Kier alpha value is -3.16. The number of carbonyl (C=O) groups excluding carboxylic acids is 3. The van der Waals surface area contributed by atoms with Gasteiger partial charge in [0.1, 0.15) is 17.1 Å². The molecule has 1 aromatic carbocycles. The number of ketones is 1. The number of ether oxygens (including phenoxy) is 1. The van der Waals surface area contributed by atoms with Crippen LogP contribution < -0.4 is 10.6 Å². The average molecular weight is 389 g/mol. The van der Waals surface area contributed by atoms with Crippen molar-refractivity contribution in [2.75, 3.05) is 10.6 Å². The zero-order valence-corrected chi connectivity index (χ0v) is 16.7. The molecule has 150 valence electrons. The van der Waals surface area contributed by atoms with Gasteiger partial charge in [-0.3, -0.25) is 14.9 Å². The lowest BCUT2D eigenvalue weighted by atomic mass is 10.1. The van der Waals surface area contributed by atoms with E-state index in [9.17, 15) is 18.8 Å². The monoisotopic (exact) mass is 389 g/mol. The van der Waals surface area contributed by atoms with Gasteiger partial charge < -0.3 is 15.0 Å². The first-order chi connectivity index (χ1) is 12.9. The standard InChI is InChI=1S/C20H24FN3O4/c1-10-16(12(3)25)11(2)22-17(10)18(26)23-13-7-8-14(21)15(9-13)24-19(27)28-20(4,5)6/h7-9,22H,1-6H3,(H,23,26)(H,24,27). The van der Waals surface area contributed by atoms with E-state index in [-0.39, 0.29) is 22.9 Å². The Labute approximate surface area is 162 Å². The number of anilines is 2. The Morgan fingerprint density at radius 3 is 2.29 bits per heavy atom. The fourth-order valence-electron chi connectivity index (χ4n) is 2.81. The number of H-pyrrole nitrogens is 1. The van der Waals surface area contributed by atoms with Gasteiger partial charge in [-0.25, -0.2) is 9.18 Å². The van der Waals surface area contributed by atoms with Crippen molar-refractivity contribution in [1.29, 1.82) is 0 Å². The van der Waals surface area contributed by atoms with Gasteiger partial charge in [-0.2, -0.15) is 0 Å². The Kier molecular flexibility index (Phi) is 5.92. The van der Waals surface area contributed by atoms with E-state index >= 15 is 0 Å². The van der Waals surface area contributed by atoms with Crippen molar-refractivity contribution >= 4 is 29.2 Å².